The second-order valence-electron chi connectivity index (χ2n) is 4.17. The van der Waals surface area contributed by atoms with Crippen LogP contribution in [0, 0.1) is 0 Å². The number of methoxy groups -OCH3 is 2. The number of halogens is 2. The highest BCUT2D eigenvalue weighted by atomic mass is 79.9. The van der Waals surface area contributed by atoms with Gasteiger partial charge in [0.15, 0.2) is 0 Å². The molecule has 1 N–H and O–H groups in total. The Labute approximate surface area is 135 Å². The van der Waals surface area contributed by atoms with E-state index in [9.17, 15) is 0 Å². The van der Waals surface area contributed by atoms with E-state index in [2.05, 4.69) is 37.2 Å². The standard InChI is InChI=1S/C15H15Br2NO2/c1-19-14-6-3-10(7-13(14)17)9-18-11-4-5-12(16)15(8-11)20-2/h3-8,18H,9H2,1-2H3. The first-order valence-corrected chi connectivity index (χ1v) is 7.62. The van der Waals surface area contributed by atoms with Crippen LogP contribution >= 0.6 is 31.9 Å². The van der Waals surface area contributed by atoms with Crippen LogP contribution in [0.5, 0.6) is 11.5 Å². The van der Waals surface area contributed by atoms with Crippen molar-refractivity contribution in [3.05, 3.63) is 50.9 Å². The lowest BCUT2D eigenvalue weighted by atomic mass is 10.2. The summed E-state index contributed by atoms with van der Waals surface area (Å²) in [6.07, 6.45) is 0. The Morgan fingerprint density at radius 3 is 2.30 bits per heavy atom. The number of rotatable bonds is 5. The topological polar surface area (TPSA) is 30.5 Å². The molecule has 20 heavy (non-hydrogen) atoms. The molecule has 0 atom stereocenters. The van der Waals surface area contributed by atoms with Crippen molar-refractivity contribution in [1.82, 2.24) is 0 Å². The summed E-state index contributed by atoms with van der Waals surface area (Å²) >= 11 is 6.93. The molecule has 0 saturated heterocycles. The average Bonchev–Trinajstić information content (AvgIpc) is 2.46. The highest BCUT2D eigenvalue weighted by molar-refractivity contribution is 9.10. The van der Waals surface area contributed by atoms with Crippen molar-refractivity contribution in [2.45, 2.75) is 6.54 Å². The maximum absolute atomic E-state index is 5.28. The smallest absolute Gasteiger partial charge is 0.135 e. The predicted molar refractivity (Wildman–Crippen MR) is 88.7 cm³/mol. The molecule has 0 aromatic heterocycles. The van der Waals surface area contributed by atoms with Crippen molar-refractivity contribution in [3.63, 3.8) is 0 Å². The van der Waals surface area contributed by atoms with Crippen molar-refractivity contribution in [1.29, 1.82) is 0 Å². The van der Waals surface area contributed by atoms with E-state index in [4.69, 9.17) is 9.47 Å². The summed E-state index contributed by atoms with van der Waals surface area (Å²) < 4.78 is 12.4. The Bertz CT molecular complexity index is 602. The molecule has 0 fully saturated rings. The first-order valence-electron chi connectivity index (χ1n) is 6.04. The van der Waals surface area contributed by atoms with E-state index in [1.54, 1.807) is 14.2 Å². The molecule has 0 spiro atoms. The summed E-state index contributed by atoms with van der Waals surface area (Å²) in [6.45, 7) is 0.730. The van der Waals surface area contributed by atoms with Crippen LogP contribution in [0.2, 0.25) is 0 Å². The molecule has 2 rings (SSSR count). The summed E-state index contributed by atoms with van der Waals surface area (Å²) in [5.41, 5.74) is 2.18. The molecule has 0 saturated carbocycles. The summed E-state index contributed by atoms with van der Waals surface area (Å²) in [4.78, 5) is 0. The van der Waals surface area contributed by atoms with E-state index in [0.29, 0.717) is 0 Å². The van der Waals surface area contributed by atoms with Gasteiger partial charge in [0.25, 0.3) is 0 Å². The fraction of sp³-hybridized carbons (Fsp3) is 0.200. The number of ether oxygens (including phenoxy) is 2. The van der Waals surface area contributed by atoms with Crippen LogP contribution in [-0.4, -0.2) is 14.2 Å². The summed E-state index contributed by atoms with van der Waals surface area (Å²) in [5.74, 6) is 1.64. The Hall–Kier alpha value is -1.20. The van der Waals surface area contributed by atoms with Gasteiger partial charge in [0.05, 0.1) is 23.2 Å². The lowest BCUT2D eigenvalue weighted by Gasteiger charge is -2.11. The fourth-order valence-corrected chi connectivity index (χ4v) is 2.79. The molecular formula is C15H15Br2NO2. The molecule has 2 aromatic rings. The van der Waals surface area contributed by atoms with Gasteiger partial charge in [-0.25, -0.2) is 0 Å². The molecule has 2 aromatic carbocycles. The number of benzene rings is 2. The van der Waals surface area contributed by atoms with Crippen LogP contribution in [0.15, 0.2) is 45.3 Å². The van der Waals surface area contributed by atoms with Crippen LogP contribution < -0.4 is 14.8 Å². The average molecular weight is 401 g/mol. The molecule has 0 heterocycles. The van der Waals surface area contributed by atoms with Gasteiger partial charge < -0.3 is 14.8 Å². The second-order valence-corrected chi connectivity index (χ2v) is 5.88. The van der Waals surface area contributed by atoms with E-state index in [-0.39, 0.29) is 0 Å². The van der Waals surface area contributed by atoms with Crippen LogP contribution in [0.3, 0.4) is 0 Å². The molecule has 0 unspecified atom stereocenters. The lowest BCUT2D eigenvalue weighted by Crippen LogP contribution is -2.00. The highest BCUT2D eigenvalue weighted by Gasteiger charge is 2.03. The van der Waals surface area contributed by atoms with Gasteiger partial charge in [0.1, 0.15) is 11.5 Å². The SMILES string of the molecule is COc1ccc(CNc2ccc(Br)c(OC)c2)cc1Br. The lowest BCUT2D eigenvalue weighted by molar-refractivity contribution is 0.412. The Balaban J connectivity index is 2.07. The van der Waals surface area contributed by atoms with E-state index in [0.717, 1.165) is 32.7 Å². The fourth-order valence-electron chi connectivity index (χ4n) is 1.79. The van der Waals surface area contributed by atoms with E-state index in [1.165, 1.54) is 5.56 Å². The van der Waals surface area contributed by atoms with Gasteiger partial charge in [-0.15, -0.1) is 0 Å². The largest absolute Gasteiger partial charge is 0.496 e. The minimum absolute atomic E-state index is 0.730. The number of nitrogens with one attached hydrogen (secondary N) is 1. The third-order valence-corrected chi connectivity index (χ3v) is 4.14. The van der Waals surface area contributed by atoms with Crippen molar-refractivity contribution in [2.24, 2.45) is 0 Å². The van der Waals surface area contributed by atoms with Crippen molar-refractivity contribution >= 4 is 37.5 Å². The van der Waals surface area contributed by atoms with Crippen molar-refractivity contribution in [3.8, 4) is 11.5 Å². The van der Waals surface area contributed by atoms with Crippen LogP contribution in [0.25, 0.3) is 0 Å². The maximum atomic E-state index is 5.28. The van der Waals surface area contributed by atoms with Gasteiger partial charge >= 0.3 is 0 Å². The number of hydrogen-bond donors (Lipinski definition) is 1. The van der Waals surface area contributed by atoms with E-state index < -0.39 is 0 Å². The second kappa shape index (κ2) is 6.99. The molecule has 3 nitrogen and oxygen atoms in total. The zero-order valence-electron chi connectivity index (χ0n) is 11.2. The minimum atomic E-state index is 0.730. The van der Waals surface area contributed by atoms with Crippen LogP contribution in [0.1, 0.15) is 5.56 Å². The van der Waals surface area contributed by atoms with Crippen LogP contribution in [0.4, 0.5) is 5.69 Å². The Morgan fingerprint density at radius 1 is 0.900 bits per heavy atom. The van der Waals surface area contributed by atoms with Gasteiger partial charge in [-0.05, 0) is 61.7 Å². The zero-order chi connectivity index (χ0) is 14.5. The third-order valence-electron chi connectivity index (χ3n) is 2.86. The third kappa shape index (κ3) is 3.67. The molecule has 0 aliphatic rings. The number of hydrogen-bond acceptors (Lipinski definition) is 3. The quantitative estimate of drug-likeness (QED) is 0.778. The minimum Gasteiger partial charge on any atom is -0.496 e. The van der Waals surface area contributed by atoms with Gasteiger partial charge in [-0.2, -0.15) is 0 Å². The Kier molecular flexibility index (Phi) is 5.31. The molecule has 0 aliphatic carbocycles. The number of anilines is 1. The molecule has 5 heteroatoms. The first-order chi connectivity index (χ1) is 9.63. The molecule has 0 radical (unpaired) electrons. The molecule has 0 aliphatic heterocycles. The summed E-state index contributed by atoms with van der Waals surface area (Å²) in [5, 5.41) is 3.37. The predicted octanol–water partition coefficient (Wildman–Crippen LogP) is 4.84. The van der Waals surface area contributed by atoms with Gasteiger partial charge in [0, 0.05) is 18.3 Å². The van der Waals surface area contributed by atoms with Crippen LogP contribution in [-0.2, 0) is 6.54 Å². The highest BCUT2D eigenvalue weighted by Crippen LogP contribution is 2.29. The van der Waals surface area contributed by atoms with Crippen molar-refractivity contribution in [2.75, 3.05) is 19.5 Å². The van der Waals surface area contributed by atoms with E-state index in [1.807, 2.05) is 36.4 Å². The van der Waals surface area contributed by atoms with Gasteiger partial charge in [0.2, 0.25) is 0 Å². The zero-order valence-corrected chi connectivity index (χ0v) is 14.4. The molecular weight excluding hydrogens is 386 g/mol. The van der Waals surface area contributed by atoms with E-state index >= 15 is 0 Å². The Morgan fingerprint density at radius 2 is 1.65 bits per heavy atom. The van der Waals surface area contributed by atoms with Gasteiger partial charge in [-0.1, -0.05) is 6.07 Å². The maximum Gasteiger partial charge on any atom is 0.135 e. The summed E-state index contributed by atoms with van der Waals surface area (Å²) in [6, 6.07) is 12.0. The summed E-state index contributed by atoms with van der Waals surface area (Å²) in [7, 11) is 3.32. The van der Waals surface area contributed by atoms with Gasteiger partial charge in [-0.3, -0.25) is 0 Å². The molecule has 106 valence electrons. The molecule has 0 bridgehead atoms. The first kappa shape index (κ1) is 15.2. The van der Waals surface area contributed by atoms with Crippen molar-refractivity contribution < 1.29 is 9.47 Å². The monoisotopic (exact) mass is 399 g/mol. The molecule has 0 amide bonds. The normalized spacial score (nSPS) is 10.2.